The second-order valence-electron chi connectivity index (χ2n) is 6.46. The summed E-state index contributed by atoms with van der Waals surface area (Å²) in [5, 5.41) is 18.1. The third-order valence-corrected chi connectivity index (χ3v) is 6.32. The van der Waals surface area contributed by atoms with E-state index >= 15 is 0 Å². The van der Waals surface area contributed by atoms with E-state index in [1.807, 2.05) is 41.8 Å². The van der Waals surface area contributed by atoms with Gasteiger partial charge in [-0.1, -0.05) is 42.1 Å². The first-order chi connectivity index (χ1) is 14.5. The van der Waals surface area contributed by atoms with Crippen LogP contribution in [0.4, 0.5) is 5.82 Å². The first kappa shape index (κ1) is 19.9. The van der Waals surface area contributed by atoms with Crippen molar-refractivity contribution in [1.29, 1.82) is 5.26 Å². The molecule has 0 saturated carbocycles. The number of hydrogen-bond donors (Lipinski definition) is 2. The molecule has 30 heavy (non-hydrogen) atoms. The molecular weight excluding hydrogens is 420 g/mol. The van der Waals surface area contributed by atoms with Crippen LogP contribution in [-0.2, 0) is 11.8 Å². The van der Waals surface area contributed by atoms with Crippen molar-refractivity contribution in [2.45, 2.75) is 17.3 Å². The van der Waals surface area contributed by atoms with Crippen LogP contribution >= 0.6 is 23.1 Å². The fraction of sp³-hybridized carbons (Fsp3) is 0.150. The lowest BCUT2D eigenvalue weighted by atomic mass is 10.1. The van der Waals surface area contributed by atoms with Crippen LogP contribution in [-0.4, -0.2) is 30.9 Å². The van der Waals surface area contributed by atoms with E-state index < -0.39 is 5.25 Å². The Bertz CT molecular complexity index is 1330. The Hall–Kier alpha value is -3.42. The van der Waals surface area contributed by atoms with E-state index in [9.17, 15) is 9.59 Å². The van der Waals surface area contributed by atoms with Crippen LogP contribution in [0.3, 0.4) is 0 Å². The zero-order chi connectivity index (χ0) is 21.3. The van der Waals surface area contributed by atoms with Gasteiger partial charge in [-0.25, -0.2) is 4.98 Å². The number of aromatic amines is 1. The number of amides is 1. The van der Waals surface area contributed by atoms with Gasteiger partial charge in [0.2, 0.25) is 5.91 Å². The Labute approximate surface area is 179 Å². The molecule has 0 aliphatic heterocycles. The number of hydrogen-bond acceptors (Lipinski definition) is 7. The van der Waals surface area contributed by atoms with Crippen molar-refractivity contribution in [2.75, 3.05) is 5.32 Å². The van der Waals surface area contributed by atoms with E-state index in [0.29, 0.717) is 21.2 Å². The lowest BCUT2D eigenvalue weighted by Crippen LogP contribution is -2.25. The van der Waals surface area contributed by atoms with Crippen molar-refractivity contribution < 1.29 is 4.79 Å². The predicted octanol–water partition coefficient (Wildman–Crippen LogP) is 3.38. The van der Waals surface area contributed by atoms with E-state index in [1.165, 1.54) is 22.2 Å². The number of carbonyl (C=O) groups excluding carboxylic acids is 1. The first-order valence-electron chi connectivity index (χ1n) is 8.94. The zero-order valence-electron chi connectivity index (χ0n) is 16.0. The minimum atomic E-state index is -0.555. The first-order valence-corrected chi connectivity index (χ1v) is 10.7. The Morgan fingerprint density at radius 2 is 2.13 bits per heavy atom. The number of anilines is 1. The van der Waals surface area contributed by atoms with Crippen molar-refractivity contribution >= 4 is 45.0 Å². The van der Waals surface area contributed by atoms with Gasteiger partial charge in [-0.3, -0.25) is 14.3 Å². The molecule has 0 spiro atoms. The number of benzene rings is 1. The zero-order valence-corrected chi connectivity index (χ0v) is 17.7. The summed E-state index contributed by atoms with van der Waals surface area (Å²) in [6, 6.07) is 11.7. The molecule has 0 bridgehead atoms. The summed E-state index contributed by atoms with van der Waals surface area (Å²) in [6.07, 6.45) is 1.39. The molecule has 0 radical (unpaired) electrons. The highest BCUT2D eigenvalue weighted by Crippen LogP contribution is 2.32. The average Bonchev–Trinajstić information content (AvgIpc) is 3.32. The largest absolute Gasteiger partial charge is 0.309 e. The second-order valence-corrected chi connectivity index (χ2v) is 8.65. The van der Waals surface area contributed by atoms with Gasteiger partial charge in [0.25, 0.3) is 5.56 Å². The number of thioether (sulfide) groups is 1. The third kappa shape index (κ3) is 3.72. The van der Waals surface area contributed by atoms with Crippen molar-refractivity contribution in [3.05, 3.63) is 57.8 Å². The molecule has 2 N–H and O–H groups in total. The van der Waals surface area contributed by atoms with Crippen LogP contribution in [0.2, 0.25) is 0 Å². The number of rotatable bonds is 5. The van der Waals surface area contributed by atoms with Gasteiger partial charge in [0.1, 0.15) is 22.3 Å². The monoisotopic (exact) mass is 436 g/mol. The summed E-state index contributed by atoms with van der Waals surface area (Å²) in [6.45, 7) is 1.70. The number of nitrogens with zero attached hydrogens (tertiary/aromatic N) is 4. The van der Waals surface area contributed by atoms with E-state index in [2.05, 4.69) is 20.4 Å². The lowest BCUT2D eigenvalue weighted by Gasteiger charge is -2.11. The Morgan fingerprint density at radius 1 is 1.37 bits per heavy atom. The molecule has 1 unspecified atom stereocenters. The van der Waals surface area contributed by atoms with Gasteiger partial charge in [-0.05, 0) is 12.5 Å². The molecule has 0 aliphatic carbocycles. The average molecular weight is 437 g/mol. The molecule has 3 heterocycles. The van der Waals surface area contributed by atoms with Crippen LogP contribution < -0.4 is 10.9 Å². The van der Waals surface area contributed by atoms with Crippen molar-refractivity contribution in [2.24, 2.45) is 7.05 Å². The number of nitrogens with one attached hydrogen (secondary N) is 2. The van der Waals surface area contributed by atoms with Crippen LogP contribution in [0.1, 0.15) is 12.5 Å². The quantitative estimate of drug-likeness (QED) is 0.366. The summed E-state index contributed by atoms with van der Waals surface area (Å²) in [4.78, 5) is 33.2. The van der Waals surface area contributed by atoms with Crippen LogP contribution in [0.25, 0.3) is 21.3 Å². The van der Waals surface area contributed by atoms with Gasteiger partial charge in [0, 0.05) is 18.0 Å². The van der Waals surface area contributed by atoms with Crippen molar-refractivity contribution in [1.82, 2.24) is 19.7 Å². The highest BCUT2D eigenvalue weighted by atomic mass is 32.2. The van der Waals surface area contributed by atoms with Gasteiger partial charge in [-0.2, -0.15) is 10.4 Å². The van der Waals surface area contributed by atoms with Gasteiger partial charge in [0.05, 0.1) is 16.8 Å². The smallest absolute Gasteiger partial charge is 0.260 e. The number of aromatic nitrogens is 4. The van der Waals surface area contributed by atoms with E-state index in [-0.39, 0.29) is 17.0 Å². The van der Waals surface area contributed by atoms with Crippen molar-refractivity contribution in [3.8, 4) is 17.2 Å². The number of carbonyl (C=O) groups is 1. The van der Waals surface area contributed by atoms with E-state index in [0.717, 1.165) is 22.9 Å². The highest BCUT2D eigenvalue weighted by Gasteiger charge is 2.20. The van der Waals surface area contributed by atoms with Gasteiger partial charge in [0.15, 0.2) is 5.16 Å². The van der Waals surface area contributed by atoms with E-state index in [4.69, 9.17) is 5.26 Å². The third-order valence-electron chi connectivity index (χ3n) is 4.47. The normalized spacial score (nSPS) is 11.9. The minimum Gasteiger partial charge on any atom is -0.309 e. The van der Waals surface area contributed by atoms with E-state index in [1.54, 1.807) is 14.0 Å². The molecule has 0 aliphatic rings. The molecule has 4 aromatic rings. The molecule has 4 rings (SSSR count). The molecular formula is C20H16N6O2S2. The number of thiophene rings is 1. The molecule has 1 amide bonds. The lowest BCUT2D eigenvalue weighted by molar-refractivity contribution is -0.115. The molecule has 10 heteroatoms. The minimum absolute atomic E-state index is 0.242. The fourth-order valence-electron chi connectivity index (χ4n) is 2.92. The molecule has 3 aromatic heterocycles. The van der Waals surface area contributed by atoms with Gasteiger partial charge >= 0.3 is 0 Å². The maximum Gasteiger partial charge on any atom is 0.260 e. The summed E-state index contributed by atoms with van der Waals surface area (Å²) >= 11 is 2.53. The molecule has 0 fully saturated rings. The Kier molecular flexibility index (Phi) is 5.39. The number of nitriles is 1. The van der Waals surface area contributed by atoms with Gasteiger partial charge in [-0.15, -0.1) is 11.3 Å². The Morgan fingerprint density at radius 3 is 2.87 bits per heavy atom. The van der Waals surface area contributed by atoms with Crippen molar-refractivity contribution in [3.63, 3.8) is 0 Å². The Balaban J connectivity index is 1.57. The maximum atomic E-state index is 12.7. The van der Waals surface area contributed by atoms with Crippen LogP contribution in [0.5, 0.6) is 0 Å². The number of aryl methyl sites for hydroxylation is 1. The summed E-state index contributed by atoms with van der Waals surface area (Å²) in [5.41, 5.74) is 1.83. The highest BCUT2D eigenvalue weighted by molar-refractivity contribution is 8.00. The molecule has 0 saturated heterocycles. The number of fused-ring (bicyclic) bond motifs is 1. The summed E-state index contributed by atoms with van der Waals surface area (Å²) in [5.74, 6) is 0.0108. The SMILES string of the molecule is CC(Sc1nc2scc(-c3ccccc3)c2c(=O)[nH]1)C(=O)Nc1c(C#N)cnn1C. The second kappa shape index (κ2) is 8.14. The molecule has 150 valence electrons. The molecule has 1 aromatic carbocycles. The number of H-pyrrole nitrogens is 1. The fourth-order valence-corrected chi connectivity index (χ4v) is 4.72. The summed E-state index contributed by atoms with van der Waals surface area (Å²) < 4.78 is 1.43. The predicted molar refractivity (Wildman–Crippen MR) is 118 cm³/mol. The van der Waals surface area contributed by atoms with Gasteiger partial charge < -0.3 is 10.3 Å². The molecule has 8 nitrogen and oxygen atoms in total. The molecule has 1 atom stereocenters. The van der Waals surface area contributed by atoms with Crippen LogP contribution in [0, 0.1) is 11.3 Å². The maximum absolute atomic E-state index is 12.7. The van der Waals surface area contributed by atoms with Crippen LogP contribution in [0.15, 0.2) is 51.9 Å². The summed E-state index contributed by atoms with van der Waals surface area (Å²) in [7, 11) is 1.64. The standard InChI is InChI=1S/C20H16N6O2S2/c1-11(17(27)23-16-13(8-21)9-22-26(16)2)30-20-24-18(28)15-14(10-29-19(15)25-20)12-6-4-3-5-7-12/h3-7,9-11H,1-2H3,(H,23,27)(H,24,25,28). The topological polar surface area (TPSA) is 116 Å².